The van der Waals surface area contributed by atoms with Crippen molar-refractivity contribution in [1.82, 2.24) is 14.7 Å². The number of nitrogens with zero attached hydrogens (tertiary/aromatic N) is 3. The lowest BCUT2D eigenvalue weighted by molar-refractivity contribution is -0.221. The molecule has 3 heterocycles. The van der Waals surface area contributed by atoms with Crippen molar-refractivity contribution >= 4 is 23.4 Å². The molecule has 3 saturated heterocycles. The first-order valence-corrected chi connectivity index (χ1v) is 19.9. The van der Waals surface area contributed by atoms with Crippen molar-refractivity contribution in [1.29, 1.82) is 0 Å². The van der Waals surface area contributed by atoms with Crippen LogP contribution in [0.15, 0.2) is 24.3 Å². The molecule has 1 aromatic carbocycles. The van der Waals surface area contributed by atoms with Crippen molar-refractivity contribution < 1.29 is 36.9 Å². The zero-order valence-electron chi connectivity index (χ0n) is 31.7. The van der Waals surface area contributed by atoms with Gasteiger partial charge in [0, 0.05) is 91.1 Å². The lowest BCUT2D eigenvalue weighted by Gasteiger charge is -2.52. The van der Waals surface area contributed by atoms with Crippen LogP contribution >= 0.6 is 11.6 Å². The van der Waals surface area contributed by atoms with Gasteiger partial charge in [-0.2, -0.15) is 0 Å². The van der Waals surface area contributed by atoms with E-state index in [1.807, 2.05) is 0 Å². The Bertz CT molecular complexity index is 1070. The van der Waals surface area contributed by atoms with Crippen LogP contribution in [-0.4, -0.2) is 127 Å². The molecule has 52 heavy (non-hydrogen) atoms. The fourth-order valence-corrected chi connectivity index (χ4v) is 8.74. The first-order valence-electron chi connectivity index (χ1n) is 19.5. The number of benzene rings is 1. The number of alkyl halides is 3. The molecule has 0 aromatic heterocycles. The Balaban J connectivity index is 1.68. The van der Waals surface area contributed by atoms with Crippen molar-refractivity contribution in [3.63, 3.8) is 0 Å². The van der Waals surface area contributed by atoms with E-state index in [9.17, 15) is 4.79 Å². The minimum atomic E-state index is -2.34. The van der Waals surface area contributed by atoms with Crippen LogP contribution in [0.3, 0.4) is 0 Å². The molecule has 9 nitrogen and oxygen atoms in total. The molecule has 0 bridgehead atoms. The number of carbonyl (C=O) groups is 1. The second-order valence-electron chi connectivity index (χ2n) is 15.2. The number of ether oxygens (including phenoxy) is 4. The van der Waals surface area contributed by atoms with E-state index in [1.54, 1.807) is 60.3 Å². The Morgan fingerprint density at radius 1 is 0.731 bits per heavy atom. The molecular weight excluding hydrogens is 697 g/mol. The summed E-state index contributed by atoms with van der Waals surface area (Å²) in [6.45, 7) is 3.31. The van der Waals surface area contributed by atoms with Gasteiger partial charge < -0.3 is 18.9 Å². The summed E-state index contributed by atoms with van der Waals surface area (Å²) in [6.07, 6.45) is 2.89. The summed E-state index contributed by atoms with van der Waals surface area (Å²) in [5.74, 6) is 0.515. The number of halogens is 4. The van der Waals surface area contributed by atoms with Crippen LogP contribution in [0.4, 0.5) is 23.7 Å². The van der Waals surface area contributed by atoms with Crippen LogP contribution in [0.5, 0.6) is 0 Å². The highest BCUT2D eigenvalue weighted by atomic mass is 35.5. The molecular formula is C39H64ClF3N4O5. The van der Waals surface area contributed by atoms with Gasteiger partial charge in [-0.05, 0) is 119 Å². The molecule has 4 rings (SSSR count). The second kappa shape index (κ2) is 22.6. The number of hydrogen-bond acceptors (Lipinski definition) is 8. The van der Waals surface area contributed by atoms with E-state index >= 15 is 13.2 Å². The SMILES string of the molecule is COCCCC1CCCN(C(F)C(COC(=O)Nc2ccc(Cl)cc2)(C(F)N2CCCC(CCCOC)C2)C(F)N2CCCC(CCCOC)C2)C1. The Kier molecular flexibility index (Phi) is 18.8. The maximum absolute atomic E-state index is 17.9. The van der Waals surface area contributed by atoms with Crippen molar-refractivity contribution in [3.05, 3.63) is 29.3 Å². The van der Waals surface area contributed by atoms with E-state index in [0.717, 1.165) is 77.0 Å². The van der Waals surface area contributed by atoms with E-state index in [-0.39, 0.29) is 17.8 Å². The molecule has 0 aliphatic carbocycles. The van der Waals surface area contributed by atoms with E-state index in [0.29, 0.717) is 69.8 Å². The number of hydrogen-bond donors (Lipinski definition) is 1. The lowest BCUT2D eigenvalue weighted by atomic mass is 9.79. The highest BCUT2D eigenvalue weighted by molar-refractivity contribution is 6.30. The van der Waals surface area contributed by atoms with Crippen LogP contribution < -0.4 is 5.32 Å². The fraction of sp³-hybridized carbons (Fsp3) is 0.821. The van der Waals surface area contributed by atoms with Crippen molar-refractivity contribution in [2.45, 2.75) is 95.9 Å². The topological polar surface area (TPSA) is 75.7 Å². The third-order valence-electron chi connectivity index (χ3n) is 11.4. The predicted octanol–water partition coefficient (Wildman–Crippen LogP) is 8.18. The van der Waals surface area contributed by atoms with Gasteiger partial charge in [0.2, 0.25) is 0 Å². The summed E-state index contributed by atoms with van der Waals surface area (Å²) >= 11 is 6.03. The third-order valence-corrected chi connectivity index (χ3v) is 11.6. The molecule has 13 heteroatoms. The molecule has 1 aromatic rings. The van der Waals surface area contributed by atoms with Gasteiger partial charge in [-0.1, -0.05) is 11.6 Å². The first-order chi connectivity index (χ1) is 25.2. The van der Waals surface area contributed by atoms with Gasteiger partial charge in [-0.25, -0.2) is 18.0 Å². The normalized spacial score (nSPS) is 25.2. The third kappa shape index (κ3) is 12.4. The van der Waals surface area contributed by atoms with Crippen LogP contribution in [0.25, 0.3) is 0 Å². The van der Waals surface area contributed by atoms with E-state index in [4.69, 9.17) is 30.5 Å². The quantitative estimate of drug-likeness (QED) is 0.0994. The van der Waals surface area contributed by atoms with Crippen molar-refractivity contribution in [3.8, 4) is 0 Å². The maximum Gasteiger partial charge on any atom is 0.411 e. The van der Waals surface area contributed by atoms with E-state index < -0.39 is 37.0 Å². The smallest absolute Gasteiger partial charge is 0.411 e. The standard InChI is InChI=1S/C39H64ClF3N4O5/c1-49-23-7-13-30-10-4-20-45(26-30)35(41)39(29-52-38(48)44-34-18-16-33(40)17-19-34,36(42)46-21-5-11-31(27-46)14-8-24-50-2)37(43)47-22-6-12-32(28-47)15-9-25-51-3/h16-19,30-32,35-37H,4-15,20-29H2,1-3H3,(H,44,48). The molecule has 3 fully saturated rings. The number of likely N-dealkylation sites (tertiary alicyclic amines) is 3. The van der Waals surface area contributed by atoms with Gasteiger partial charge in [0.1, 0.15) is 12.0 Å². The Hall–Kier alpha value is -1.67. The average Bonchev–Trinajstić information content (AvgIpc) is 3.16. The van der Waals surface area contributed by atoms with Gasteiger partial charge in [0.05, 0.1) is 0 Å². The number of anilines is 1. The highest BCUT2D eigenvalue weighted by Crippen LogP contribution is 2.45. The van der Waals surface area contributed by atoms with Gasteiger partial charge in [-0.15, -0.1) is 0 Å². The molecule has 3 aliphatic rings. The largest absolute Gasteiger partial charge is 0.448 e. The number of rotatable bonds is 21. The van der Waals surface area contributed by atoms with Crippen LogP contribution in [-0.2, 0) is 18.9 Å². The Labute approximate surface area is 315 Å². The minimum absolute atomic E-state index is 0.172. The minimum Gasteiger partial charge on any atom is -0.448 e. The van der Waals surface area contributed by atoms with E-state index in [2.05, 4.69) is 5.32 Å². The maximum atomic E-state index is 17.9. The first kappa shape index (κ1) is 43.1. The molecule has 6 unspecified atom stereocenters. The number of carbonyl (C=O) groups excluding carboxylic acids is 1. The van der Waals surface area contributed by atoms with Gasteiger partial charge in [0.25, 0.3) is 0 Å². The molecule has 3 aliphatic heterocycles. The monoisotopic (exact) mass is 760 g/mol. The van der Waals surface area contributed by atoms with Gasteiger partial charge in [0.15, 0.2) is 18.9 Å². The number of nitrogens with one attached hydrogen (secondary N) is 1. The molecule has 298 valence electrons. The molecule has 0 saturated carbocycles. The number of amides is 1. The molecule has 0 radical (unpaired) electrons. The molecule has 1 amide bonds. The van der Waals surface area contributed by atoms with E-state index in [1.165, 1.54) is 0 Å². The summed E-state index contributed by atoms with van der Waals surface area (Å²) < 4.78 is 75.3. The Morgan fingerprint density at radius 2 is 1.12 bits per heavy atom. The van der Waals surface area contributed by atoms with Crippen LogP contribution in [0.2, 0.25) is 5.02 Å². The zero-order chi connectivity index (χ0) is 37.3. The van der Waals surface area contributed by atoms with Crippen LogP contribution in [0.1, 0.15) is 77.0 Å². The summed E-state index contributed by atoms with van der Waals surface area (Å²) in [6, 6.07) is 6.45. The molecule has 6 atom stereocenters. The number of methoxy groups -OCH3 is 3. The zero-order valence-corrected chi connectivity index (χ0v) is 32.5. The van der Waals surface area contributed by atoms with Crippen molar-refractivity contribution in [2.24, 2.45) is 23.2 Å². The summed E-state index contributed by atoms with van der Waals surface area (Å²) in [5.41, 5.74) is -1.93. The average molecular weight is 761 g/mol. The van der Waals surface area contributed by atoms with Crippen LogP contribution in [0, 0.1) is 23.2 Å². The van der Waals surface area contributed by atoms with Gasteiger partial charge in [-0.3, -0.25) is 20.0 Å². The molecule has 1 N–H and O–H groups in total. The summed E-state index contributed by atoms with van der Waals surface area (Å²) in [7, 11) is 4.99. The highest BCUT2D eigenvalue weighted by Gasteiger charge is 2.61. The second-order valence-corrected chi connectivity index (χ2v) is 15.7. The fourth-order valence-electron chi connectivity index (χ4n) is 8.61. The van der Waals surface area contributed by atoms with Gasteiger partial charge >= 0.3 is 6.09 Å². The Morgan fingerprint density at radius 3 is 1.48 bits per heavy atom. The predicted molar refractivity (Wildman–Crippen MR) is 200 cm³/mol. The summed E-state index contributed by atoms with van der Waals surface area (Å²) in [4.78, 5) is 18.2. The van der Waals surface area contributed by atoms with Crippen molar-refractivity contribution in [2.75, 3.05) is 92.3 Å². The molecule has 0 spiro atoms. The summed E-state index contributed by atoms with van der Waals surface area (Å²) in [5, 5.41) is 3.13. The lowest BCUT2D eigenvalue weighted by Crippen LogP contribution is -2.67. The number of piperidine rings is 3.